The van der Waals surface area contributed by atoms with Gasteiger partial charge in [0.15, 0.2) is 5.82 Å². The fourth-order valence-electron chi connectivity index (χ4n) is 3.91. The van der Waals surface area contributed by atoms with Crippen molar-refractivity contribution in [3.8, 4) is 0 Å². The number of piperazine rings is 1. The summed E-state index contributed by atoms with van der Waals surface area (Å²) in [4.78, 5) is 36.8. The van der Waals surface area contributed by atoms with E-state index in [9.17, 15) is 9.59 Å². The summed E-state index contributed by atoms with van der Waals surface area (Å²) in [5.74, 6) is -0.00298. The largest absolute Gasteiger partial charge is 0.369 e. The van der Waals surface area contributed by atoms with Crippen LogP contribution in [0.25, 0.3) is 10.9 Å². The molecule has 1 amide bonds. The fourth-order valence-corrected chi connectivity index (χ4v) is 3.91. The average molecular weight is 444 g/mol. The lowest BCUT2D eigenvalue weighted by molar-refractivity contribution is 0.102. The molecule has 168 valence electrons. The first-order valence-electron chi connectivity index (χ1n) is 10.7. The molecule has 1 saturated heterocycles. The van der Waals surface area contributed by atoms with Gasteiger partial charge in [0.05, 0.1) is 17.4 Å². The van der Waals surface area contributed by atoms with Crippen molar-refractivity contribution >= 4 is 39.7 Å². The maximum Gasteiger partial charge on any atom is 0.263 e. The predicted molar refractivity (Wildman–Crippen MR) is 128 cm³/mol. The quantitative estimate of drug-likeness (QED) is 0.373. The second-order valence-electron chi connectivity index (χ2n) is 8.01. The average Bonchev–Trinajstić information content (AvgIpc) is 3.23. The van der Waals surface area contributed by atoms with Gasteiger partial charge in [-0.25, -0.2) is 0 Å². The van der Waals surface area contributed by atoms with Crippen LogP contribution in [0.15, 0.2) is 59.8 Å². The number of carbonyl (C=O) groups is 1. The predicted octanol–water partition coefficient (Wildman–Crippen LogP) is 2.39. The molecule has 0 unspecified atom stereocenters. The SMILES string of the molecule is CN1CCN(c2ccc(NC(=O)c3c(Nc4n[nH]c5cnccc45)cc[nH]c3=O)cc2)CC1. The van der Waals surface area contributed by atoms with E-state index in [1.165, 1.54) is 6.20 Å². The molecule has 10 heteroatoms. The minimum absolute atomic E-state index is 0.0224. The Balaban J connectivity index is 1.35. The van der Waals surface area contributed by atoms with Crippen LogP contribution < -0.4 is 21.1 Å². The number of hydrogen-bond acceptors (Lipinski definition) is 7. The molecule has 0 aliphatic carbocycles. The van der Waals surface area contributed by atoms with Gasteiger partial charge in [0.1, 0.15) is 5.56 Å². The third-order valence-electron chi connectivity index (χ3n) is 5.80. The highest BCUT2D eigenvalue weighted by molar-refractivity contribution is 6.08. The number of pyridine rings is 2. The number of aromatic amines is 2. The molecule has 5 rings (SSSR count). The molecule has 0 atom stereocenters. The van der Waals surface area contributed by atoms with Gasteiger partial charge >= 0.3 is 0 Å². The molecule has 10 nitrogen and oxygen atoms in total. The number of hydrogen-bond donors (Lipinski definition) is 4. The van der Waals surface area contributed by atoms with E-state index >= 15 is 0 Å². The molecule has 4 aromatic rings. The number of carbonyl (C=O) groups excluding carboxylic acids is 1. The Kier molecular flexibility index (Phi) is 5.49. The minimum atomic E-state index is -0.506. The van der Waals surface area contributed by atoms with Gasteiger partial charge < -0.3 is 25.4 Å². The number of nitrogens with one attached hydrogen (secondary N) is 4. The van der Waals surface area contributed by atoms with Crippen LogP contribution in [0.3, 0.4) is 0 Å². The van der Waals surface area contributed by atoms with Crippen molar-refractivity contribution in [2.45, 2.75) is 0 Å². The van der Waals surface area contributed by atoms with Crippen molar-refractivity contribution in [1.82, 2.24) is 25.1 Å². The van der Waals surface area contributed by atoms with E-state index in [1.807, 2.05) is 24.3 Å². The highest BCUT2D eigenvalue weighted by atomic mass is 16.2. The zero-order valence-corrected chi connectivity index (χ0v) is 18.1. The third kappa shape index (κ3) is 4.28. The molecule has 0 radical (unpaired) electrons. The number of H-pyrrole nitrogens is 2. The zero-order chi connectivity index (χ0) is 22.8. The molecule has 0 spiro atoms. The van der Waals surface area contributed by atoms with Crippen molar-refractivity contribution in [2.75, 3.05) is 48.8 Å². The van der Waals surface area contributed by atoms with E-state index in [0.29, 0.717) is 17.2 Å². The number of benzene rings is 1. The number of amides is 1. The summed E-state index contributed by atoms with van der Waals surface area (Å²) in [6.45, 7) is 3.98. The molecule has 1 aliphatic rings. The van der Waals surface area contributed by atoms with Gasteiger partial charge in [0.2, 0.25) is 0 Å². The van der Waals surface area contributed by atoms with Gasteiger partial charge in [-0.3, -0.25) is 19.7 Å². The monoisotopic (exact) mass is 444 g/mol. The molecule has 1 aromatic carbocycles. The molecule has 3 aromatic heterocycles. The van der Waals surface area contributed by atoms with Crippen LogP contribution >= 0.6 is 0 Å². The summed E-state index contributed by atoms with van der Waals surface area (Å²) < 4.78 is 0. The van der Waals surface area contributed by atoms with Crippen molar-refractivity contribution in [3.05, 3.63) is 70.9 Å². The molecule has 0 bridgehead atoms. The van der Waals surface area contributed by atoms with Crippen LogP contribution in [0.2, 0.25) is 0 Å². The molecule has 1 aliphatic heterocycles. The summed E-state index contributed by atoms with van der Waals surface area (Å²) in [6.07, 6.45) is 4.80. The van der Waals surface area contributed by atoms with Gasteiger partial charge in [-0.1, -0.05) is 0 Å². The first-order chi connectivity index (χ1) is 16.1. The lowest BCUT2D eigenvalue weighted by Gasteiger charge is -2.34. The first kappa shape index (κ1) is 20.7. The highest BCUT2D eigenvalue weighted by Gasteiger charge is 2.19. The summed E-state index contributed by atoms with van der Waals surface area (Å²) in [7, 11) is 2.12. The fraction of sp³-hybridized carbons (Fsp3) is 0.217. The van der Waals surface area contributed by atoms with E-state index < -0.39 is 11.5 Å². The standard InChI is InChI=1S/C23H24N8O2/c1-30-10-12-31(13-11-30)16-4-2-15(3-5-16)26-23(33)20-18(7-9-25-22(20)32)27-21-17-6-8-24-14-19(17)28-29-21/h2-9,14H,10-13H2,1H3,(H,26,33)(H3,25,27,28,29,32). The number of nitrogens with zero attached hydrogens (tertiary/aromatic N) is 4. The lowest BCUT2D eigenvalue weighted by atomic mass is 10.2. The topological polar surface area (TPSA) is 122 Å². The third-order valence-corrected chi connectivity index (χ3v) is 5.80. The number of rotatable bonds is 5. The smallest absolute Gasteiger partial charge is 0.263 e. The number of fused-ring (bicyclic) bond motifs is 1. The Morgan fingerprint density at radius 2 is 1.85 bits per heavy atom. The van der Waals surface area contributed by atoms with E-state index in [0.717, 1.165) is 42.8 Å². The Hall–Kier alpha value is -4.18. The van der Waals surface area contributed by atoms with Crippen molar-refractivity contribution in [2.24, 2.45) is 0 Å². The van der Waals surface area contributed by atoms with Crippen LogP contribution in [-0.2, 0) is 0 Å². The molecule has 4 heterocycles. The normalized spacial score (nSPS) is 14.4. The second kappa shape index (κ2) is 8.75. The lowest BCUT2D eigenvalue weighted by Crippen LogP contribution is -2.44. The van der Waals surface area contributed by atoms with Gasteiger partial charge in [0, 0.05) is 55.3 Å². The van der Waals surface area contributed by atoms with E-state index in [1.54, 1.807) is 24.5 Å². The second-order valence-corrected chi connectivity index (χ2v) is 8.01. The summed E-state index contributed by atoms with van der Waals surface area (Å²) in [5.41, 5.74) is 2.31. The van der Waals surface area contributed by atoms with E-state index in [4.69, 9.17) is 0 Å². The van der Waals surface area contributed by atoms with Crippen LogP contribution in [0, 0.1) is 0 Å². The Morgan fingerprint density at radius 1 is 1.06 bits per heavy atom. The van der Waals surface area contributed by atoms with Crippen LogP contribution in [0.1, 0.15) is 10.4 Å². The van der Waals surface area contributed by atoms with Gasteiger partial charge in [-0.2, -0.15) is 5.10 Å². The molecule has 33 heavy (non-hydrogen) atoms. The Morgan fingerprint density at radius 3 is 2.64 bits per heavy atom. The van der Waals surface area contributed by atoms with Gasteiger partial charge in [-0.05, 0) is 43.4 Å². The molecule has 1 fully saturated rings. The maximum absolute atomic E-state index is 13.0. The number of aromatic nitrogens is 4. The summed E-state index contributed by atoms with van der Waals surface area (Å²) >= 11 is 0. The minimum Gasteiger partial charge on any atom is -0.369 e. The molecular formula is C23H24N8O2. The van der Waals surface area contributed by atoms with E-state index in [-0.39, 0.29) is 5.56 Å². The molecule has 4 N–H and O–H groups in total. The summed E-state index contributed by atoms with van der Waals surface area (Å²) in [6, 6.07) is 11.1. The van der Waals surface area contributed by atoms with Gasteiger partial charge in [-0.15, -0.1) is 0 Å². The molecule has 0 saturated carbocycles. The first-order valence-corrected chi connectivity index (χ1v) is 10.7. The summed E-state index contributed by atoms with van der Waals surface area (Å²) in [5, 5.41) is 13.8. The van der Waals surface area contributed by atoms with E-state index in [2.05, 4.69) is 47.6 Å². The molecular weight excluding hydrogens is 420 g/mol. The van der Waals surface area contributed by atoms with Crippen LogP contribution in [-0.4, -0.2) is 64.2 Å². The zero-order valence-electron chi connectivity index (χ0n) is 18.1. The highest BCUT2D eigenvalue weighted by Crippen LogP contribution is 2.25. The van der Waals surface area contributed by atoms with Crippen molar-refractivity contribution in [1.29, 1.82) is 0 Å². The Bertz CT molecular complexity index is 1340. The van der Waals surface area contributed by atoms with Crippen molar-refractivity contribution in [3.63, 3.8) is 0 Å². The number of anilines is 4. The maximum atomic E-state index is 13.0. The number of likely N-dealkylation sites (N-methyl/N-ethyl adjacent to an activating group) is 1. The Labute approximate surface area is 189 Å². The van der Waals surface area contributed by atoms with Gasteiger partial charge in [0.25, 0.3) is 11.5 Å². The van der Waals surface area contributed by atoms with Crippen LogP contribution in [0.5, 0.6) is 0 Å². The van der Waals surface area contributed by atoms with Crippen LogP contribution in [0.4, 0.5) is 22.9 Å². The van der Waals surface area contributed by atoms with Crippen molar-refractivity contribution < 1.29 is 4.79 Å².